The fourth-order valence-electron chi connectivity index (χ4n) is 4.20. The number of aryl methyl sites for hydroxylation is 2. The topological polar surface area (TPSA) is 74.1 Å². The van der Waals surface area contributed by atoms with Crippen molar-refractivity contribution < 1.29 is 4.52 Å². The first kappa shape index (κ1) is 14.8. The van der Waals surface area contributed by atoms with Gasteiger partial charge in [0.2, 0.25) is 5.89 Å². The van der Waals surface area contributed by atoms with E-state index in [0.29, 0.717) is 5.92 Å². The Labute approximate surface area is 136 Å². The number of fused-ring (bicyclic) bond motifs is 1. The number of likely N-dealkylation sites (tertiary alicyclic amines) is 2. The van der Waals surface area contributed by atoms with E-state index in [2.05, 4.69) is 44.1 Å². The number of rotatable bonds is 3. The zero-order valence-electron chi connectivity index (χ0n) is 14.0. The van der Waals surface area contributed by atoms with Crippen molar-refractivity contribution in [2.24, 2.45) is 5.92 Å². The average Bonchev–Trinajstić information content (AvgIpc) is 3.19. The SMILES string of the molecule is Cc1noc([C@@]23CCN(C)C[C@@H]2CN(Cc2cn[nH]c2C)C3)n1. The van der Waals surface area contributed by atoms with Crippen LogP contribution in [0.25, 0.3) is 0 Å². The maximum Gasteiger partial charge on any atom is 0.234 e. The van der Waals surface area contributed by atoms with Gasteiger partial charge in [-0.3, -0.25) is 10.00 Å². The zero-order valence-corrected chi connectivity index (χ0v) is 14.0. The first-order valence-corrected chi connectivity index (χ1v) is 8.27. The molecule has 2 aliphatic heterocycles. The van der Waals surface area contributed by atoms with E-state index in [1.165, 1.54) is 5.56 Å². The fourth-order valence-corrected chi connectivity index (χ4v) is 4.20. The van der Waals surface area contributed by atoms with Crippen molar-refractivity contribution in [1.82, 2.24) is 30.1 Å². The van der Waals surface area contributed by atoms with E-state index in [0.717, 1.165) is 56.6 Å². The molecule has 4 heterocycles. The van der Waals surface area contributed by atoms with Gasteiger partial charge in [-0.2, -0.15) is 10.1 Å². The van der Waals surface area contributed by atoms with Gasteiger partial charge in [-0.1, -0.05) is 5.16 Å². The average molecular weight is 316 g/mol. The molecule has 2 fully saturated rings. The van der Waals surface area contributed by atoms with Crippen LogP contribution in [0.2, 0.25) is 0 Å². The minimum atomic E-state index is 0.00537. The van der Waals surface area contributed by atoms with Crippen LogP contribution in [0.5, 0.6) is 0 Å². The van der Waals surface area contributed by atoms with Crippen LogP contribution in [-0.4, -0.2) is 63.4 Å². The molecule has 2 aromatic rings. The first-order valence-electron chi connectivity index (χ1n) is 8.27. The van der Waals surface area contributed by atoms with Gasteiger partial charge >= 0.3 is 0 Å². The third-order valence-corrected chi connectivity index (χ3v) is 5.52. The predicted octanol–water partition coefficient (Wildman–Crippen LogP) is 1.11. The maximum absolute atomic E-state index is 5.63. The molecule has 23 heavy (non-hydrogen) atoms. The Kier molecular flexibility index (Phi) is 3.50. The molecule has 0 aliphatic carbocycles. The summed E-state index contributed by atoms with van der Waals surface area (Å²) < 4.78 is 5.63. The van der Waals surface area contributed by atoms with E-state index in [9.17, 15) is 0 Å². The molecular formula is C16H24N6O. The van der Waals surface area contributed by atoms with Gasteiger partial charge in [0.1, 0.15) is 0 Å². The highest BCUT2D eigenvalue weighted by molar-refractivity contribution is 5.19. The van der Waals surface area contributed by atoms with Crippen molar-refractivity contribution >= 4 is 0 Å². The quantitative estimate of drug-likeness (QED) is 0.914. The Balaban J connectivity index is 1.62. The number of nitrogens with one attached hydrogen (secondary N) is 1. The summed E-state index contributed by atoms with van der Waals surface area (Å²) in [6.45, 7) is 9.12. The smallest absolute Gasteiger partial charge is 0.234 e. The fraction of sp³-hybridized carbons (Fsp3) is 0.688. The molecule has 0 aromatic carbocycles. The van der Waals surface area contributed by atoms with Crippen LogP contribution in [0.15, 0.2) is 10.7 Å². The summed E-state index contributed by atoms with van der Waals surface area (Å²) in [5.41, 5.74) is 2.43. The lowest BCUT2D eigenvalue weighted by Crippen LogP contribution is -2.48. The van der Waals surface area contributed by atoms with Crippen LogP contribution < -0.4 is 0 Å². The Morgan fingerprint density at radius 3 is 2.96 bits per heavy atom. The molecule has 0 saturated carbocycles. The van der Waals surface area contributed by atoms with Gasteiger partial charge in [0.25, 0.3) is 0 Å². The summed E-state index contributed by atoms with van der Waals surface area (Å²) in [6, 6.07) is 0. The van der Waals surface area contributed by atoms with Crippen molar-refractivity contribution in [3.8, 4) is 0 Å². The molecule has 2 aromatic heterocycles. The summed E-state index contributed by atoms with van der Waals surface area (Å²) in [7, 11) is 2.20. The van der Waals surface area contributed by atoms with Crippen LogP contribution in [0, 0.1) is 19.8 Å². The van der Waals surface area contributed by atoms with Gasteiger partial charge in [-0.15, -0.1) is 0 Å². The molecule has 2 aliphatic rings. The molecule has 0 bridgehead atoms. The molecule has 7 heteroatoms. The molecule has 2 saturated heterocycles. The predicted molar refractivity (Wildman–Crippen MR) is 84.9 cm³/mol. The van der Waals surface area contributed by atoms with Crippen molar-refractivity contribution in [1.29, 1.82) is 0 Å². The zero-order chi connectivity index (χ0) is 16.0. The van der Waals surface area contributed by atoms with E-state index in [1.807, 2.05) is 13.1 Å². The van der Waals surface area contributed by atoms with Crippen LogP contribution in [0.4, 0.5) is 0 Å². The van der Waals surface area contributed by atoms with Gasteiger partial charge in [-0.25, -0.2) is 0 Å². The second-order valence-corrected chi connectivity index (χ2v) is 7.20. The molecule has 0 radical (unpaired) electrons. The van der Waals surface area contributed by atoms with Gasteiger partial charge < -0.3 is 9.42 Å². The highest BCUT2D eigenvalue weighted by Crippen LogP contribution is 2.44. The maximum atomic E-state index is 5.63. The van der Waals surface area contributed by atoms with E-state index in [-0.39, 0.29) is 5.41 Å². The number of H-pyrrole nitrogens is 1. The number of aromatic amines is 1. The highest BCUT2D eigenvalue weighted by Gasteiger charge is 2.53. The van der Waals surface area contributed by atoms with Crippen LogP contribution in [-0.2, 0) is 12.0 Å². The van der Waals surface area contributed by atoms with Crippen molar-refractivity contribution in [2.45, 2.75) is 32.2 Å². The van der Waals surface area contributed by atoms with E-state index < -0.39 is 0 Å². The molecule has 1 N–H and O–H groups in total. The standard InChI is InChI=1S/C16H24N6O/c1-11-13(6-17-19-11)7-22-9-14-8-21(3)5-4-16(14,10-22)15-18-12(2)20-23-15/h6,14H,4-5,7-10H2,1-3H3,(H,17,19)/t14-,16-/m1/s1. The number of hydrogen-bond donors (Lipinski definition) is 1. The Morgan fingerprint density at radius 2 is 2.26 bits per heavy atom. The Hall–Kier alpha value is -1.73. The molecule has 124 valence electrons. The largest absolute Gasteiger partial charge is 0.339 e. The number of aromatic nitrogens is 4. The molecule has 4 rings (SSSR count). The second kappa shape index (κ2) is 5.42. The number of piperidine rings is 1. The minimum absolute atomic E-state index is 0.00537. The molecular weight excluding hydrogens is 292 g/mol. The molecule has 0 amide bonds. The summed E-state index contributed by atoms with van der Waals surface area (Å²) in [5, 5.41) is 11.2. The Morgan fingerprint density at radius 1 is 1.39 bits per heavy atom. The molecule has 2 atom stereocenters. The van der Waals surface area contributed by atoms with Gasteiger partial charge in [-0.05, 0) is 39.8 Å². The molecule has 7 nitrogen and oxygen atoms in total. The van der Waals surface area contributed by atoms with E-state index >= 15 is 0 Å². The van der Waals surface area contributed by atoms with Gasteiger partial charge in [0.15, 0.2) is 5.82 Å². The number of nitrogens with zero attached hydrogens (tertiary/aromatic N) is 5. The molecule has 0 unspecified atom stereocenters. The lowest BCUT2D eigenvalue weighted by molar-refractivity contribution is 0.118. The Bertz CT molecular complexity index is 694. The first-order chi connectivity index (χ1) is 11.1. The monoisotopic (exact) mass is 316 g/mol. The van der Waals surface area contributed by atoms with Gasteiger partial charge in [0, 0.05) is 37.4 Å². The van der Waals surface area contributed by atoms with Crippen LogP contribution in [0.1, 0.15) is 29.4 Å². The van der Waals surface area contributed by atoms with Crippen LogP contribution in [0.3, 0.4) is 0 Å². The third-order valence-electron chi connectivity index (χ3n) is 5.52. The molecule has 0 spiro atoms. The normalized spacial score (nSPS) is 29.1. The van der Waals surface area contributed by atoms with Crippen LogP contribution >= 0.6 is 0 Å². The van der Waals surface area contributed by atoms with Gasteiger partial charge in [0.05, 0.1) is 11.6 Å². The van der Waals surface area contributed by atoms with Crippen molar-refractivity contribution in [3.63, 3.8) is 0 Å². The third kappa shape index (κ3) is 2.48. The van der Waals surface area contributed by atoms with Crippen molar-refractivity contribution in [3.05, 3.63) is 29.2 Å². The summed E-state index contributed by atoms with van der Waals surface area (Å²) in [5.74, 6) is 2.10. The minimum Gasteiger partial charge on any atom is -0.339 e. The number of hydrogen-bond acceptors (Lipinski definition) is 6. The lowest BCUT2D eigenvalue weighted by atomic mass is 9.72. The summed E-state index contributed by atoms with van der Waals surface area (Å²) in [6.07, 6.45) is 3.02. The summed E-state index contributed by atoms with van der Waals surface area (Å²) in [4.78, 5) is 9.53. The highest BCUT2D eigenvalue weighted by atomic mass is 16.5. The lowest BCUT2D eigenvalue weighted by Gasteiger charge is -2.39. The van der Waals surface area contributed by atoms with E-state index in [4.69, 9.17) is 4.52 Å². The summed E-state index contributed by atoms with van der Waals surface area (Å²) >= 11 is 0. The van der Waals surface area contributed by atoms with Crippen molar-refractivity contribution in [2.75, 3.05) is 33.2 Å². The van der Waals surface area contributed by atoms with E-state index in [1.54, 1.807) is 0 Å². The second-order valence-electron chi connectivity index (χ2n) is 7.20.